The smallest absolute Gasteiger partial charge is 0.243 e. The van der Waals surface area contributed by atoms with Gasteiger partial charge in [0.2, 0.25) is 21.1 Å². The number of thioether (sulfide) groups is 1. The topological polar surface area (TPSA) is 92.3 Å². The number of nitrogens with one attached hydrogen (secondary N) is 1. The number of carbonyl (C=O) groups is 1. The van der Waals surface area contributed by atoms with Crippen LogP contribution in [0, 0.1) is 5.92 Å². The van der Waals surface area contributed by atoms with Gasteiger partial charge in [-0.3, -0.25) is 4.79 Å². The highest BCUT2D eigenvalue weighted by molar-refractivity contribution is 8.01. The Morgan fingerprint density at radius 3 is 2.85 bits per heavy atom. The summed E-state index contributed by atoms with van der Waals surface area (Å²) in [5.74, 6) is 0.285. The van der Waals surface area contributed by atoms with Crippen molar-refractivity contribution in [1.82, 2.24) is 14.5 Å². The van der Waals surface area contributed by atoms with Gasteiger partial charge in [-0.25, -0.2) is 8.42 Å². The van der Waals surface area contributed by atoms with E-state index in [-0.39, 0.29) is 17.3 Å². The predicted octanol–water partition coefficient (Wildman–Crippen LogP) is 2.69. The van der Waals surface area contributed by atoms with Crippen LogP contribution in [0.4, 0.5) is 5.13 Å². The average molecular weight is 413 g/mol. The van der Waals surface area contributed by atoms with Gasteiger partial charge in [-0.05, 0) is 30.7 Å². The molecule has 1 aromatic carbocycles. The van der Waals surface area contributed by atoms with Gasteiger partial charge in [-0.1, -0.05) is 48.2 Å². The molecule has 1 amide bonds. The van der Waals surface area contributed by atoms with Crippen LogP contribution in [0.3, 0.4) is 0 Å². The largest absolute Gasteiger partial charge is 0.300 e. The number of hydrogen-bond acceptors (Lipinski definition) is 7. The summed E-state index contributed by atoms with van der Waals surface area (Å²) in [5, 5.41) is 11.2. The molecule has 0 saturated carbocycles. The van der Waals surface area contributed by atoms with Gasteiger partial charge < -0.3 is 5.32 Å². The van der Waals surface area contributed by atoms with Crippen LogP contribution in [0.2, 0.25) is 0 Å². The first kappa shape index (κ1) is 19.3. The van der Waals surface area contributed by atoms with Gasteiger partial charge in [0.15, 0.2) is 4.34 Å². The Hall–Kier alpha value is -1.49. The van der Waals surface area contributed by atoms with Crippen molar-refractivity contribution < 1.29 is 13.2 Å². The first-order chi connectivity index (χ1) is 12.5. The summed E-state index contributed by atoms with van der Waals surface area (Å²) in [7, 11) is -3.58. The maximum absolute atomic E-state index is 12.8. The van der Waals surface area contributed by atoms with Crippen molar-refractivity contribution in [2.24, 2.45) is 5.92 Å². The Kier molecular flexibility index (Phi) is 6.28. The second-order valence-corrected chi connectivity index (χ2v) is 10.2. The Bertz CT molecular complexity index is 855. The second kappa shape index (κ2) is 8.47. The Morgan fingerprint density at radius 2 is 2.12 bits per heavy atom. The minimum absolute atomic E-state index is 0.179. The SMILES string of the molecule is CCSc1nnc(NC(=O)[C@@H]2CCCN(S(=O)(=O)c3ccccc3)C2)s1. The fraction of sp³-hybridized carbons (Fsp3) is 0.438. The summed E-state index contributed by atoms with van der Waals surface area (Å²) in [6.45, 7) is 2.63. The van der Waals surface area contributed by atoms with Crippen LogP contribution in [0.1, 0.15) is 19.8 Å². The molecule has 10 heteroatoms. The van der Waals surface area contributed by atoms with Crippen molar-refractivity contribution >= 4 is 44.2 Å². The molecule has 1 saturated heterocycles. The molecule has 2 aromatic rings. The maximum Gasteiger partial charge on any atom is 0.243 e. The number of piperidine rings is 1. The molecule has 1 aliphatic rings. The summed E-state index contributed by atoms with van der Waals surface area (Å²) >= 11 is 2.90. The Labute approximate surface area is 161 Å². The van der Waals surface area contributed by atoms with Gasteiger partial charge >= 0.3 is 0 Å². The van der Waals surface area contributed by atoms with Crippen LogP contribution < -0.4 is 5.32 Å². The standard InChI is InChI=1S/C16H20N4O3S3/c1-2-24-16-19-18-15(25-16)17-14(21)12-7-6-10-20(11-12)26(22,23)13-8-4-3-5-9-13/h3-5,8-9,12H,2,6-7,10-11H2,1H3,(H,17,18,21)/t12-/m1/s1. The Morgan fingerprint density at radius 1 is 1.35 bits per heavy atom. The summed E-state index contributed by atoms with van der Waals surface area (Å²) in [4.78, 5) is 12.8. The normalized spacial score (nSPS) is 18.6. The number of amides is 1. The van der Waals surface area contributed by atoms with Crippen LogP contribution in [-0.2, 0) is 14.8 Å². The van der Waals surface area contributed by atoms with Crippen molar-refractivity contribution in [3.05, 3.63) is 30.3 Å². The van der Waals surface area contributed by atoms with E-state index in [2.05, 4.69) is 15.5 Å². The molecule has 1 fully saturated rings. The van der Waals surface area contributed by atoms with Crippen molar-refractivity contribution in [3.8, 4) is 0 Å². The van der Waals surface area contributed by atoms with E-state index in [0.717, 1.165) is 10.1 Å². The first-order valence-corrected chi connectivity index (χ1v) is 11.6. The number of sulfonamides is 1. The van der Waals surface area contributed by atoms with E-state index in [1.807, 2.05) is 6.92 Å². The van der Waals surface area contributed by atoms with Gasteiger partial charge in [0, 0.05) is 13.1 Å². The van der Waals surface area contributed by atoms with E-state index in [1.54, 1.807) is 42.1 Å². The zero-order valence-corrected chi connectivity index (χ0v) is 16.7. The molecule has 0 aliphatic carbocycles. The highest BCUT2D eigenvalue weighted by Gasteiger charge is 2.33. The molecular formula is C16H20N4O3S3. The zero-order chi connectivity index (χ0) is 18.6. The molecule has 0 radical (unpaired) electrons. The molecule has 1 N–H and O–H groups in total. The van der Waals surface area contributed by atoms with Gasteiger partial charge in [0.05, 0.1) is 10.8 Å². The van der Waals surface area contributed by atoms with Crippen LogP contribution in [-0.4, -0.2) is 47.7 Å². The number of rotatable bonds is 6. The van der Waals surface area contributed by atoms with E-state index < -0.39 is 15.9 Å². The molecule has 0 bridgehead atoms. The molecule has 1 aliphatic heterocycles. The van der Waals surface area contributed by atoms with Gasteiger partial charge in [0.25, 0.3) is 0 Å². The lowest BCUT2D eigenvalue weighted by Crippen LogP contribution is -2.43. The summed E-state index contributed by atoms with van der Waals surface area (Å²) in [6.07, 6.45) is 1.30. The van der Waals surface area contributed by atoms with Crippen molar-refractivity contribution in [2.75, 3.05) is 24.2 Å². The average Bonchev–Trinajstić information content (AvgIpc) is 3.10. The molecule has 0 unspecified atom stereocenters. The van der Waals surface area contributed by atoms with Crippen LogP contribution >= 0.6 is 23.1 Å². The highest BCUT2D eigenvalue weighted by atomic mass is 32.2. The monoisotopic (exact) mass is 412 g/mol. The number of nitrogens with zero attached hydrogens (tertiary/aromatic N) is 3. The van der Waals surface area contributed by atoms with E-state index in [1.165, 1.54) is 15.6 Å². The van der Waals surface area contributed by atoms with E-state index in [9.17, 15) is 13.2 Å². The summed E-state index contributed by atoms with van der Waals surface area (Å²) in [5.41, 5.74) is 0. The lowest BCUT2D eigenvalue weighted by atomic mass is 9.99. The molecule has 0 spiro atoms. The van der Waals surface area contributed by atoms with Crippen LogP contribution in [0.15, 0.2) is 39.6 Å². The minimum Gasteiger partial charge on any atom is -0.300 e. The fourth-order valence-electron chi connectivity index (χ4n) is 2.77. The molecule has 140 valence electrons. The number of anilines is 1. The van der Waals surface area contributed by atoms with Crippen LogP contribution in [0.25, 0.3) is 0 Å². The van der Waals surface area contributed by atoms with Crippen molar-refractivity contribution in [3.63, 3.8) is 0 Å². The third kappa shape index (κ3) is 4.43. The molecule has 7 nitrogen and oxygen atoms in total. The number of hydrogen-bond donors (Lipinski definition) is 1. The molecule has 1 aromatic heterocycles. The maximum atomic E-state index is 12.8. The summed E-state index contributed by atoms with van der Waals surface area (Å²) in [6, 6.07) is 8.32. The summed E-state index contributed by atoms with van der Waals surface area (Å²) < 4.78 is 27.7. The quantitative estimate of drug-likeness (QED) is 0.579. The minimum atomic E-state index is -3.58. The zero-order valence-electron chi connectivity index (χ0n) is 14.3. The van der Waals surface area contributed by atoms with Crippen LogP contribution in [0.5, 0.6) is 0 Å². The lowest BCUT2D eigenvalue weighted by Gasteiger charge is -2.31. The number of carbonyl (C=O) groups excluding carboxylic acids is 1. The fourth-order valence-corrected chi connectivity index (χ4v) is 5.96. The molecule has 1 atom stereocenters. The molecule has 2 heterocycles. The molecular weight excluding hydrogens is 392 g/mol. The van der Waals surface area contributed by atoms with Gasteiger partial charge in [-0.2, -0.15) is 4.31 Å². The lowest BCUT2D eigenvalue weighted by molar-refractivity contribution is -0.120. The second-order valence-electron chi connectivity index (χ2n) is 5.81. The third-order valence-electron chi connectivity index (χ3n) is 4.04. The highest BCUT2D eigenvalue weighted by Crippen LogP contribution is 2.27. The van der Waals surface area contributed by atoms with E-state index in [4.69, 9.17) is 0 Å². The van der Waals surface area contributed by atoms with E-state index in [0.29, 0.717) is 24.5 Å². The predicted molar refractivity (Wildman–Crippen MR) is 103 cm³/mol. The van der Waals surface area contributed by atoms with Gasteiger partial charge in [0.1, 0.15) is 0 Å². The number of aromatic nitrogens is 2. The van der Waals surface area contributed by atoms with E-state index >= 15 is 0 Å². The Balaban J connectivity index is 1.66. The first-order valence-electron chi connectivity index (χ1n) is 8.33. The van der Waals surface area contributed by atoms with Crippen molar-refractivity contribution in [2.45, 2.75) is 29.0 Å². The third-order valence-corrected chi connectivity index (χ3v) is 7.77. The number of benzene rings is 1. The van der Waals surface area contributed by atoms with Gasteiger partial charge in [-0.15, -0.1) is 10.2 Å². The molecule has 3 rings (SSSR count). The van der Waals surface area contributed by atoms with Crippen molar-refractivity contribution in [1.29, 1.82) is 0 Å². The molecule has 26 heavy (non-hydrogen) atoms.